The van der Waals surface area contributed by atoms with Crippen LogP contribution in [0.4, 0.5) is 10.6 Å². The number of amides is 1. The summed E-state index contributed by atoms with van der Waals surface area (Å²) in [6.45, 7) is 5.07. The number of piperazine rings is 1. The van der Waals surface area contributed by atoms with Crippen LogP contribution in [0.3, 0.4) is 0 Å². The van der Waals surface area contributed by atoms with Gasteiger partial charge in [-0.1, -0.05) is 0 Å². The molecule has 6 nitrogen and oxygen atoms in total. The highest BCUT2D eigenvalue weighted by atomic mass is 79.9. The fraction of sp³-hybridized carbons (Fsp3) is 0.600. The largest absolute Gasteiger partial charge is 0.465 e. The Balaban J connectivity index is 1.96. The number of pyridine rings is 1. The molecule has 1 amide bonds. The molecule has 1 fully saturated rings. The second kappa shape index (κ2) is 5.70. The van der Waals surface area contributed by atoms with Crippen molar-refractivity contribution in [2.24, 2.45) is 0 Å². The summed E-state index contributed by atoms with van der Waals surface area (Å²) in [6.07, 6.45) is -0.101. The fourth-order valence-electron chi connectivity index (χ4n) is 3.44. The average molecular weight is 370 g/mol. The molecule has 3 atom stereocenters. The van der Waals surface area contributed by atoms with Gasteiger partial charge in [0.1, 0.15) is 5.82 Å². The van der Waals surface area contributed by atoms with E-state index in [4.69, 9.17) is 9.72 Å². The maximum Gasteiger partial charge on any atom is 0.407 e. The Labute approximate surface area is 138 Å². The van der Waals surface area contributed by atoms with Crippen molar-refractivity contribution >= 4 is 27.8 Å². The van der Waals surface area contributed by atoms with Crippen molar-refractivity contribution < 1.29 is 14.6 Å². The van der Waals surface area contributed by atoms with Gasteiger partial charge in [-0.3, -0.25) is 0 Å². The van der Waals surface area contributed by atoms with Gasteiger partial charge < -0.3 is 19.6 Å². The van der Waals surface area contributed by atoms with Gasteiger partial charge >= 0.3 is 6.09 Å². The summed E-state index contributed by atoms with van der Waals surface area (Å²) in [5, 5.41) is 9.25. The molecule has 7 heteroatoms. The van der Waals surface area contributed by atoms with Crippen molar-refractivity contribution in [2.75, 3.05) is 25.1 Å². The van der Waals surface area contributed by atoms with Crippen molar-refractivity contribution in [2.45, 2.75) is 38.5 Å². The van der Waals surface area contributed by atoms with Crippen molar-refractivity contribution in [1.29, 1.82) is 0 Å². The molecule has 1 saturated heterocycles. The van der Waals surface area contributed by atoms with Crippen molar-refractivity contribution in [3.63, 3.8) is 0 Å². The highest BCUT2D eigenvalue weighted by Crippen LogP contribution is 2.38. The molecule has 0 aromatic carbocycles. The van der Waals surface area contributed by atoms with Gasteiger partial charge in [0.25, 0.3) is 0 Å². The topological polar surface area (TPSA) is 65.9 Å². The maximum atomic E-state index is 11.3. The first-order valence-electron chi connectivity index (χ1n) is 7.40. The van der Waals surface area contributed by atoms with Crippen molar-refractivity contribution in [3.05, 3.63) is 21.8 Å². The molecule has 22 heavy (non-hydrogen) atoms. The van der Waals surface area contributed by atoms with Crippen LogP contribution in [0.2, 0.25) is 0 Å². The molecule has 0 spiro atoms. The van der Waals surface area contributed by atoms with Crippen LogP contribution in [-0.2, 0) is 11.2 Å². The van der Waals surface area contributed by atoms with Gasteiger partial charge in [0.05, 0.1) is 17.8 Å². The zero-order chi connectivity index (χ0) is 16.0. The predicted molar refractivity (Wildman–Crippen MR) is 86.4 cm³/mol. The van der Waals surface area contributed by atoms with Gasteiger partial charge in [-0.15, -0.1) is 0 Å². The third-order valence-corrected chi connectivity index (χ3v) is 5.19. The number of ether oxygens (including phenoxy) is 1. The van der Waals surface area contributed by atoms with Gasteiger partial charge in [-0.2, -0.15) is 0 Å². The summed E-state index contributed by atoms with van der Waals surface area (Å²) in [5.74, 6) is 0.977. The van der Waals surface area contributed by atoms with Crippen LogP contribution in [0.25, 0.3) is 0 Å². The van der Waals surface area contributed by atoms with Gasteiger partial charge in [-0.25, -0.2) is 9.78 Å². The average Bonchev–Trinajstić information content (AvgIpc) is 2.82. The lowest BCUT2D eigenvalue weighted by Crippen LogP contribution is -2.58. The Morgan fingerprint density at radius 1 is 1.55 bits per heavy atom. The van der Waals surface area contributed by atoms with E-state index in [9.17, 15) is 9.90 Å². The van der Waals surface area contributed by atoms with E-state index in [-0.39, 0.29) is 18.2 Å². The SMILES string of the molecule is CO[C@H](C)c1nc2c(cc1Br)C[C@@H]1CN(C(=O)O)C[C@@H](C)N21. The minimum absolute atomic E-state index is 0.0886. The van der Waals surface area contributed by atoms with Crippen LogP contribution in [0.5, 0.6) is 0 Å². The molecular formula is C15H20BrN3O3. The van der Waals surface area contributed by atoms with Gasteiger partial charge in [0.2, 0.25) is 0 Å². The monoisotopic (exact) mass is 369 g/mol. The molecule has 2 aliphatic heterocycles. The minimum Gasteiger partial charge on any atom is -0.465 e. The van der Waals surface area contributed by atoms with Crippen molar-refractivity contribution in [1.82, 2.24) is 9.88 Å². The lowest BCUT2D eigenvalue weighted by Gasteiger charge is -2.42. The number of nitrogens with zero attached hydrogens (tertiary/aromatic N) is 3. The number of hydrogen-bond acceptors (Lipinski definition) is 4. The third-order valence-electron chi connectivity index (χ3n) is 4.55. The van der Waals surface area contributed by atoms with Crippen LogP contribution < -0.4 is 4.90 Å². The molecule has 1 aromatic heterocycles. The number of anilines is 1. The number of hydrogen-bond donors (Lipinski definition) is 1. The summed E-state index contributed by atoms with van der Waals surface area (Å²) in [4.78, 5) is 19.9. The normalized spacial score (nSPS) is 24.9. The van der Waals surface area contributed by atoms with E-state index in [0.29, 0.717) is 13.1 Å². The summed E-state index contributed by atoms with van der Waals surface area (Å²) in [5.41, 5.74) is 2.05. The Morgan fingerprint density at radius 3 is 2.91 bits per heavy atom. The number of aromatic nitrogens is 1. The van der Waals surface area contributed by atoms with Crippen LogP contribution in [0.15, 0.2) is 10.5 Å². The molecule has 120 valence electrons. The highest BCUT2D eigenvalue weighted by Gasteiger charge is 2.41. The van der Waals surface area contributed by atoms with Crippen LogP contribution in [-0.4, -0.2) is 53.4 Å². The van der Waals surface area contributed by atoms with Crippen LogP contribution in [0.1, 0.15) is 31.2 Å². The number of carbonyl (C=O) groups is 1. The summed E-state index contributed by atoms with van der Waals surface area (Å²) < 4.78 is 6.34. The number of rotatable bonds is 2. The lowest BCUT2D eigenvalue weighted by atomic mass is 10.1. The highest BCUT2D eigenvalue weighted by molar-refractivity contribution is 9.10. The molecule has 1 aromatic rings. The standard InChI is InChI=1S/C15H20BrN3O3/c1-8-6-18(15(20)21)7-11-4-10-5-12(16)13(9(2)22-3)17-14(10)19(8)11/h5,8-9,11H,4,6-7H2,1-3H3,(H,20,21)/t8-,9-,11-/m1/s1. The first-order valence-corrected chi connectivity index (χ1v) is 8.20. The number of halogens is 1. The summed E-state index contributed by atoms with van der Waals surface area (Å²) in [7, 11) is 1.67. The smallest absolute Gasteiger partial charge is 0.407 e. The van der Waals surface area contributed by atoms with Gasteiger partial charge in [0, 0.05) is 30.7 Å². The molecule has 3 heterocycles. The quantitative estimate of drug-likeness (QED) is 0.867. The Hall–Kier alpha value is -1.34. The molecule has 0 aliphatic carbocycles. The molecule has 3 rings (SSSR count). The first-order chi connectivity index (χ1) is 10.4. The fourth-order valence-corrected chi connectivity index (χ4v) is 4.13. The number of methoxy groups -OCH3 is 1. The second-order valence-corrected chi connectivity index (χ2v) is 6.87. The second-order valence-electron chi connectivity index (χ2n) is 6.02. The zero-order valence-electron chi connectivity index (χ0n) is 12.9. The third kappa shape index (κ3) is 2.46. The van der Waals surface area contributed by atoms with Crippen molar-refractivity contribution in [3.8, 4) is 0 Å². The Kier molecular flexibility index (Phi) is 4.03. The molecule has 1 N–H and O–H groups in total. The van der Waals surface area contributed by atoms with E-state index >= 15 is 0 Å². The van der Waals surface area contributed by atoms with Crippen LogP contribution in [0, 0.1) is 0 Å². The Bertz CT molecular complexity index is 610. The van der Waals surface area contributed by atoms with E-state index in [1.807, 2.05) is 6.92 Å². The molecule has 0 bridgehead atoms. The van der Waals surface area contributed by atoms with Crippen LogP contribution >= 0.6 is 15.9 Å². The lowest BCUT2D eigenvalue weighted by molar-refractivity contribution is 0.115. The number of fused-ring (bicyclic) bond motifs is 3. The van der Waals surface area contributed by atoms with Gasteiger partial charge in [-0.05, 0) is 47.8 Å². The molecule has 0 saturated carbocycles. The maximum absolute atomic E-state index is 11.3. The molecule has 0 unspecified atom stereocenters. The van der Waals surface area contributed by atoms with E-state index in [1.54, 1.807) is 7.11 Å². The minimum atomic E-state index is -0.842. The zero-order valence-corrected chi connectivity index (χ0v) is 14.5. The molecule has 2 aliphatic rings. The number of carboxylic acid groups (broad SMARTS) is 1. The molecule has 0 radical (unpaired) electrons. The van der Waals surface area contributed by atoms with E-state index in [1.165, 1.54) is 10.5 Å². The van der Waals surface area contributed by atoms with Gasteiger partial charge in [0.15, 0.2) is 0 Å². The van der Waals surface area contributed by atoms with E-state index in [2.05, 4.69) is 33.8 Å². The predicted octanol–water partition coefficient (Wildman–Crippen LogP) is 2.66. The molecular weight excluding hydrogens is 350 g/mol. The Morgan fingerprint density at radius 2 is 2.27 bits per heavy atom. The first kappa shape index (κ1) is 15.6. The summed E-state index contributed by atoms with van der Waals surface area (Å²) >= 11 is 3.58. The van der Waals surface area contributed by atoms with E-state index in [0.717, 1.165) is 22.4 Å². The summed E-state index contributed by atoms with van der Waals surface area (Å²) in [6, 6.07) is 2.39. The van der Waals surface area contributed by atoms with E-state index < -0.39 is 6.09 Å².